The molecule has 3 heteroatoms. The minimum absolute atomic E-state index is 0.288. The summed E-state index contributed by atoms with van der Waals surface area (Å²) in [5, 5.41) is 12.6. The van der Waals surface area contributed by atoms with Crippen LogP contribution >= 0.6 is 0 Å². The van der Waals surface area contributed by atoms with E-state index in [1.54, 1.807) is 0 Å². The second kappa shape index (κ2) is 7.20. The molecule has 0 radical (unpaired) electrons. The third-order valence-electron chi connectivity index (χ3n) is 3.48. The van der Waals surface area contributed by atoms with E-state index in [4.69, 9.17) is 5.11 Å². The molecule has 1 heterocycles. The highest BCUT2D eigenvalue weighted by molar-refractivity contribution is 4.87. The van der Waals surface area contributed by atoms with Crippen LogP contribution in [0.5, 0.6) is 0 Å². The Morgan fingerprint density at radius 2 is 2.07 bits per heavy atom. The SMILES string of the molecule is CCCCN(CCO)C1CNCC1CC. The number of rotatable bonds is 7. The first-order valence-corrected chi connectivity index (χ1v) is 6.39. The van der Waals surface area contributed by atoms with Gasteiger partial charge in [-0.25, -0.2) is 0 Å². The van der Waals surface area contributed by atoms with Gasteiger partial charge in [0.1, 0.15) is 0 Å². The van der Waals surface area contributed by atoms with Crippen molar-refractivity contribution in [2.45, 2.75) is 39.2 Å². The van der Waals surface area contributed by atoms with Gasteiger partial charge in [0.25, 0.3) is 0 Å². The van der Waals surface area contributed by atoms with Crippen LogP contribution in [0, 0.1) is 5.92 Å². The van der Waals surface area contributed by atoms with Crippen LogP contribution in [0.1, 0.15) is 33.1 Å². The van der Waals surface area contributed by atoms with E-state index in [1.807, 2.05) is 0 Å². The van der Waals surface area contributed by atoms with Crippen LogP contribution in [0.3, 0.4) is 0 Å². The monoisotopic (exact) mass is 214 g/mol. The first-order chi connectivity index (χ1) is 7.33. The fourth-order valence-corrected chi connectivity index (χ4v) is 2.50. The van der Waals surface area contributed by atoms with Crippen molar-refractivity contribution in [3.8, 4) is 0 Å². The van der Waals surface area contributed by atoms with Gasteiger partial charge in [-0.15, -0.1) is 0 Å². The van der Waals surface area contributed by atoms with Crippen LogP contribution in [-0.4, -0.2) is 48.8 Å². The molecule has 0 aromatic rings. The van der Waals surface area contributed by atoms with Crippen molar-refractivity contribution >= 4 is 0 Å². The van der Waals surface area contributed by atoms with Gasteiger partial charge in [-0.1, -0.05) is 26.7 Å². The van der Waals surface area contributed by atoms with Gasteiger partial charge in [-0.2, -0.15) is 0 Å². The molecule has 2 atom stereocenters. The van der Waals surface area contributed by atoms with Crippen LogP contribution < -0.4 is 5.32 Å². The van der Waals surface area contributed by atoms with Crippen LogP contribution in [-0.2, 0) is 0 Å². The number of nitrogens with one attached hydrogen (secondary N) is 1. The van der Waals surface area contributed by atoms with E-state index < -0.39 is 0 Å². The highest BCUT2D eigenvalue weighted by Gasteiger charge is 2.29. The second-order valence-corrected chi connectivity index (χ2v) is 4.51. The maximum Gasteiger partial charge on any atom is 0.0558 e. The molecule has 1 saturated heterocycles. The molecule has 0 aromatic heterocycles. The molecule has 15 heavy (non-hydrogen) atoms. The molecule has 0 saturated carbocycles. The lowest BCUT2D eigenvalue weighted by Gasteiger charge is -2.31. The number of hydrogen-bond donors (Lipinski definition) is 2. The Morgan fingerprint density at radius 1 is 1.27 bits per heavy atom. The van der Waals surface area contributed by atoms with Gasteiger partial charge in [-0.3, -0.25) is 4.90 Å². The predicted octanol–water partition coefficient (Wildman–Crippen LogP) is 1.08. The Hall–Kier alpha value is -0.120. The van der Waals surface area contributed by atoms with E-state index >= 15 is 0 Å². The number of aliphatic hydroxyl groups excluding tert-OH is 1. The summed E-state index contributed by atoms with van der Waals surface area (Å²) in [5.41, 5.74) is 0. The lowest BCUT2D eigenvalue weighted by atomic mass is 9.99. The summed E-state index contributed by atoms with van der Waals surface area (Å²) < 4.78 is 0. The third-order valence-corrected chi connectivity index (χ3v) is 3.48. The molecule has 1 rings (SSSR count). The molecule has 0 aromatic carbocycles. The normalized spacial score (nSPS) is 26.4. The second-order valence-electron chi connectivity index (χ2n) is 4.51. The Kier molecular flexibility index (Phi) is 6.22. The van der Waals surface area contributed by atoms with Crippen LogP contribution in [0.25, 0.3) is 0 Å². The summed E-state index contributed by atoms with van der Waals surface area (Å²) in [6.45, 7) is 9.00. The van der Waals surface area contributed by atoms with Gasteiger partial charge in [0, 0.05) is 19.1 Å². The third kappa shape index (κ3) is 3.74. The standard InChI is InChI=1S/C12H26N2O/c1-3-5-6-14(7-8-15)12-10-13-9-11(12)4-2/h11-13,15H,3-10H2,1-2H3. The zero-order valence-electron chi connectivity index (χ0n) is 10.2. The van der Waals surface area contributed by atoms with Gasteiger partial charge >= 0.3 is 0 Å². The average molecular weight is 214 g/mol. The molecule has 90 valence electrons. The van der Waals surface area contributed by atoms with Crippen molar-refractivity contribution in [2.24, 2.45) is 5.92 Å². The zero-order valence-corrected chi connectivity index (χ0v) is 10.2. The van der Waals surface area contributed by atoms with Crippen molar-refractivity contribution in [1.29, 1.82) is 0 Å². The van der Waals surface area contributed by atoms with Crippen molar-refractivity contribution in [3.63, 3.8) is 0 Å². The van der Waals surface area contributed by atoms with E-state index in [9.17, 15) is 0 Å². The summed E-state index contributed by atoms with van der Waals surface area (Å²) in [4.78, 5) is 2.47. The number of aliphatic hydroxyl groups is 1. The fourth-order valence-electron chi connectivity index (χ4n) is 2.50. The lowest BCUT2D eigenvalue weighted by Crippen LogP contribution is -2.42. The molecule has 0 aliphatic carbocycles. The largest absolute Gasteiger partial charge is 0.395 e. The van der Waals surface area contributed by atoms with Crippen molar-refractivity contribution in [1.82, 2.24) is 10.2 Å². The van der Waals surface area contributed by atoms with E-state index in [0.717, 1.165) is 32.1 Å². The van der Waals surface area contributed by atoms with Gasteiger partial charge in [0.2, 0.25) is 0 Å². The van der Waals surface area contributed by atoms with Crippen molar-refractivity contribution in [3.05, 3.63) is 0 Å². The summed E-state index contributed by atoms with van der Waals surface area (Å²) in [7, 11) is 0. The molecular weight excluding hydrogens is 188 g/mol. The quantitative estimate of drug-likeness (QED) is 0.665. The minimum Gasteiger partial charge on any atom is -0.395 e. The van der Waals surface area contributed by atoms with E-state index in [2.05, 4.69) is 24.1 Å². The van der Waals surface area contributed by atoms with E-state index in [1.165, 1.54) is 19.3 Å². The first-order valence-electron chi connectivity index (χ1n) is 6.39. The molecule has 0 bridgehead atoms. The van der Waals surface area contributed by atoms with E-state index in [0.29, 0.717) is 6.04 Å². The van der Waals surface area contributed by atoms with Gasteiger partial charge in [-0.05, 0) is 25.4 Å². The number of hydrogen-bond acceptors (Lipinski definition) is 3. The fraction of sp³-hybridized carbons (Fsp3) is 1.00. The molecular formula is C12H26N2O. The Bertz CT molecular complexity index is 164. The van der Waals surface area contributed by atoms with Crippen LogP contribution in [0.15, 0.2) is 0 Å². The Balaban J connectivity index is 2.45. The molecule has 1 aliphatic heterocycles. The first kappa shape index (κ1) is 12.9. The lowest BCUT2D eigenvalue weighted by molar-refractivity contribution is 0.131. The average Bonchev–Trinajstić information content (AvgIpc) is 2.72. The molecule has 0 spiro atoms. The summed E-state index contributed by atoms with van der Waals surface area (Å²) >= 11 is 0. The smallest absolute Gasteiger partial charge is 0.0558 e. The number of unbranched alkanes of at least 4 members (excludes halogenated alkanes) is 1. The molecule has 1 aliphatic rings. The summed E-state index contributed by atoms with van der Waals surface area (Å²) in [5.74, 6) is 0.772. The zero-order chi connectivity index (χ0) is 11.1. The Morgan fingerprint density at radius 3 is 2.67 bits per heavy atom. The topological polar surface area (TPSA) is 35.5 Å². The van der Waals surface area contributed by atoms with Crippen LogP contribution in [0.4, 0.5) is 0 Å². The summed E-state index contributed by atoms with van der Waals surface area (Å²) in [6, 6.07) is 0.647. The maximum atomic E-state index is 9.09. The van der Waals surface area contributed by atoms with Crippen LogP contribution in [0.2, 0.25) is 0 Å². The van der Waals surface area contributed by atoms with E-state index in [-0.39, 0.29) is 6.61 Å². The minimum atomic E-state index is 0.288. The molecule has 2 unspecified atom stereocenters. The molecule has 3 nitrogen and oxygen atoms in total. The maximum absolute atomic E-state index is 9.09. The summed E-state index contributed by atoms with van der Waals surface area (Å²) in [6.07, 6.45) is 3.72. The van der Waals surface area contributed by atoms with Gasteiger partial charge in [0.05, 0.1) is 6.61 Å². The highest BCUT2D eigenvalue weighted by Crippen LogP contribution is 2.19. The Labute approximate surface area is 93.9 Å². The van der Waals surface area contributed by atoms with Gasteiger partial charge < -0.3 is 10.4 Å². The highest BCUT2D eigenvalue weighted by atomic mass is 16.3. The van der Waals surface area contributed by atoms with Crippen molar-refractivity contribution in [2.75, 3.05) is 32.8 Å². The van der Waals surface area contributed by atoms with Gasteiger partial charge in [0.15, 0.2) is 0 Å². The number of nitrogens with zero attached hydrogens (tertiary/aromatic N) is 1. The molecule has 2 N–H and O–H groups in total. The molecule has 1 fully saturated rings. The molecule has 0 amide bonds. The predicted molar refractivity (Wildman–Crippen MR) is 64.0 cm³/mol. The van der Waals surface area contributed by atoms with Crippen molar-refractivity contribution < 1.29 is 5.11 Å².